The Morgan fingerprint density at radius 1 is 1.38 bits per heavy atom. The van der Waals surface area contributed by atoms with E-state index in [4.69, 9.17) is 17.3 Å². The largest absolute Gasteiger partial charge is 0.367 e. The lowest BCUT2D eigenvalue weighted by Crippen LogP contribution is -2.40. The Morgan fingerprint density at radius 3 is 2.81 bits per heavy atom. The van der Waals surface area contributed by atoms with Crippen molar-refractivity contribution in [3.63, 3.8) is 0 Å². The van der Waals surface area contributed by atoms with Crippen LogP contribution in [0.2, 0.25) is 5.02 Å². The molecule has 0 radical (unpaired) electrons. The van der Waals surface area contributed by atoms with E-state index in [-0.39, 0.29) is 6.04 Å². The highest BCUT2D eigenvalue weighted by molar-refractivity contribution is 6.30. The minimum atomic E-state index is 0.150. The predicted molar refractivity (Wildman–Crippen MR) is 92.3 cm³/mol. The molecule has 1 fully saturated rings. The molecule has 1 saturated heterocycles. The van der Waals surface area contributed by atoms with E-state index >= 15 is 0 Å². The van der Waals surface area contributed by atoms with E-state index < -0.39 is 0 Å². The Labute approximate surface area is 134 Å². The van der Waals surface area contributed by atoms with Gasteiger partial charge in [-0.15, -0.1) is 0 Å². The Bertz CT molecular complexity index is 461. The minimum Gasteiger partial charge on any atom is -0.367 e. The van der Waals surface area contributed by atoms with Gasteiger partial charge in [-0.05, 0) is 63.5 Å². The Balaban J connectivity index is 2.33. The topological polar surface area (TPSA) is 32.5 Å². The van der Waals surface area contributed by atoms with Crippen molar-refractivity contribution >= 4 is 17.3 Å². The van der Waals surface area contributed by atoms with Gasteiger partial charge in [0.05, 0.1) is 0 Å². The summed E-state index contributed by atoms with van der Waals surface area (Å²) >= 11 is 6.20. The molecule has 118 valence electrons. The molecule has 0 amide bonds. The van der Waals surface area contributed by atoms with Crippen molar-refractivity contribution in [3.05, 3.63) is 28.8 Å². The van der Waals surface area contributed by atoms with Gasteiger partial charge in [-0.25, -0.2) is 0 Å². The van der Waals surface area contributed by atoms with Crippen molar-refractivity contribution in [3.8, 4) is 0 Å². The Kier molecular flexibility index (Phi) is 5.91. The van der Waals surface area contributed by atoms with Gasteiger partial charge in [0.25, 0.3) is 0 Å². The monoisotopic (exact) mass is 309 g/mol. The molecule has 0 aliphatic carbocycles. The van der Waals surface area contributed by atoms with E-state index in [1.54, 1.807) is 0 Å². The summed E-state index contributed by atoms with van der Waals surface area (Å²) in [6.07, 6.45) is 3.23. The number of nitrogens with zero attached hydrogens (tertiary/aromatic N) is 2. The van der Waals surface area contributed by atoms with Crippen LogP contribution < -0.4 is 10.6 Å². The first-order valence-electron chi connectivity index (χ1n) is 8.00. The minimum absolute atomic E-state index is 0.150. The molecule has 1 aliphatic rings. The van der Waals surface area contributed by atoms with Crippen molar-refractivity contribution < 1.29 is 0 Å². The molecule has 0 spiro atoms. The van der Waals surface area contributed by atoms with Crippen LogP contribution in [0.4, 0.5) is 5.69 Å². The molecule has 1 aromatic rings. The standard InChI is InChI=1S/C17H28ClN3/c1-4-16-12-20(3)8-5-9-21(16)17-7-6-15(18)11-14(17)10-13(2)19/h6-7,11,13,16H,4-5,8-10,12,19H2,1-3H3. The zero-order valence-corrected chi connectivity index (χ0v) is 14.2. The first-order chi connectivity index (χ1) is 10.0. The quantitative estimate of drug-likeness (QED) is 0.927. The van der Waals surface area contributed by atoms with Crippen molar-refractivity contribution in [1.29, 1.82) is 0 Å². The smallest absolute Gasteiger partial charge is 0.0414 e. The van der Waals surface area contributed by atoms with Crippen molar-refractivity contribution in [2.75, 3.05) is 31.6 Å². The van der Waals surface area contributed by atoms with E-state index in [1.807, 2.05) is 6.07 Å². The van der Waals surface area contributed by atoms with Crippen LogP contribution in [-0.4, -0.2) is 43.7 Å². The fourth-order valence-corrected chi connectivity index (χ4v) is 3.45. The number of hydrogen-bond acceptors (Lipinski definition) is 3. The number of likely N-dealkylation sites (N-methyl/N-ethyl adjacent to an activating group) is 1. The van der Waals surface area contributed by atoms with E-state index in [9.17, 15) is 0 Å². The van der Waals surface area contributed by atoms with Crippen LogP contribution in [0.25, 0.3) is 0 Å². The van der Waals surface area contributed by atoms with Crippen LogP contribution >= 0.6 is 11.6 Å². The first kappa shape index (κ1) is 16.6. The average molecular weight is 310 g/mol. The number of rotatable bonds is 4. The van der Waals surface area contributed by atoms with Gasteiger partial charge in [-0.2, -0.15) is 0 Å². The second-order valence-electron chi connectivity index (χ2n) is 6.33. The summed E-state index contributed by atoms with van der Waals surface area (Å²) in [5.74, 6) is 0. The van der Waals surface area contributed by atoms with Gasteiger partial charge in [-0.3, -0.25) is 0 Å². The van der Waals surface area contributed by atoms with Gasteiger partial charge in [0.15, 0.2) is 0 Å². The van der Waals surface area contributed by atoms with E-state index in [1.165, 1.54) is 24.2 Å². The van der Waals surface area contributed by atoms with Gasteiger partial charge in [-0.1, -0.05) is 18.5 Å². The molecule has 3 nitrogen and oxygen atoms in total. The van der Waals surface area contributed by atoms with Crippen molar-refractivity contribution in [2.24, 2.45) is 5.73 Å². The maximum absolute atomic E-state index is 6.20. The second-order valence-corrected chi connectivity index (χ2v) is 6.76. The van der Waals surface area contributed by atoms with Crippen LogP contribution in [0.15, 0.2) is 18.2 Å². The summed E-state index contributed by atoms with van der Waals surface area (Å²) in [5.41, 5.74) is 8.62. The average Bonchev–Trinajstić information content (AvgIpc) is 2.60. The molecule has 0 bridgehead atoms. The molecule has 0 saturated carbocycles. The predicted octanol–water partition coefficient (Wildman–Crippen LogP) is 3.15. The third-order valence-corrected chi connectivity index (χ3v) is 4.50. The zero-order valence-electron chi connectivity index (χ0n) is 13.5. The fourth-order valence-electron chi connectivity index (χ4n) is 3.25. The molecule has 2 atom stereocenters. The lowest BCUT2D eigenvalue weighted by atomic mass is 10.0. The highest BCUT2D eigenvalue weighted by atomic mass is 35.5. The molecule has 0 aromatic heterocycles. The summed E-state index contributed by atoms with van der Waals surface area (Å²) in [7, 11) is 2.22. The van der Waals surface area contributed by atoms with Gasteiger partial charge >= 0.3 is 0 Å². The third kappa shape index (κ3) is 4.35. The molecule has 21 heavy (non-hydrogen) atoms. The van der Waals surface area contributed by atoms with E-state index in [2.05, 4.69) is 42.8 Å². The van der Waals surface area contributed by atoms with E-state index in [0.29, 0.717) is 6.04 Å². The first-order valence-corrected chi connectivity index (χ1v) is 8.38. The van der Waals surface area contributed by atoms with Gasteiger partial charge in [0.1, 0.15) is 0 Å². The second kappa shape index (κ2) is 7.48. The number of halogens is 1. The van der Waals surface area contributed by atoms with Crippen LogP contribution in [0.5, 0.6) is 0 Å². The molecular formula is C17H28ClN3. The molecule has 2 unspecified atom stereocenters. The van der Waals surface area contributed by atoms with Gasteiger partial charge < -0.3 is 15.5 Å². The zero-order chi connectivity index (χ0) is 15.4. The summed E-state index contributed by atoms with van der Waals surface area (Å²) < 4.78 is 0. The Hall–Kier alpha value is -0.770. The van der Waals surface area contributed by atoms with Crippen LogP contribution in [0, 0.1) is 0 Å². The van der Waals surface area contributed by atoms with Crippen LogP contribution in [0.3, 0.4) is 0 Å². The summed E-state index contributed by atoms with van der Waals surface area (Å²) in [4.78, 5) is 5.01. The summed E-state index contributed by atoms with van der Waals surface area (Å²) in [6.45, 7) is 7.73. The van der Waals surface area contributed by atoms with Gasteiger partial charge in [0.2, 0.25) is 0 Å². The van der Waals surface area contributed by atoms with E-state index in [0.717, 1.165) is 31.0 Å². The fraction of sp³-hybridized carbons (Fsp3) is 0.647. The maximum Gasteiger partial charge on any atom is 0.0414 e. The lowest BCUT2D eigenvalue weighted by Gasteiger charge is -2.34. The summed E-state index contributed by atoms with van der Waals surface area (Å²) in [5, 5.41) is 0.800. The molecule has 4 heteroatoms. The third-order valence-electron chi connectivity index (χ3n) is 4.27. The van der Waals surface area contributed by atoms with Crippen LogP contribution in [0.1, 0.15) is 32.3 Å². The molecule has 2 rings (SSSR count). The molecular weight excluding hydrogens is 282 g/mol. The number of anilines is 1. The highest BCUT2D eigenvalue weighted by Crippen LogP contribution is 2.29. The van der Waals surface area contributed by atoms with Crippen LogP contribution in [-0.2, 0) is 6.42 Å². The SMILES string of the molecule is CCC1CN(C)CCCN1c1ccc(Cl)cc1CC(C)N. The molecule has 1 aliphatic heterocycles. The summed E-state index contributed by atoms with van der Waals surface area (Å²) in [6, 6.07) is 6.97. The maximum atomic E-state index is 6.20. The Morgan fingerprint density at radius 2 is 2.14 bits per heavy atom. The van der Waals surface area contributed by atoms with Gasteiger partial charge in [0, 0.05) is 35.9 Å². The lowest BCUT2D eigenvalue weighted by molar-refractivity contribution is 0.328. The molecule has 1 heterocycles. The number of nitrogens with two attached hydrogens (primary N) is 1. The van der Waals surface area contributed by atoms with Crippen molar-refractivity contribution in [1.82, 2.24) is 4.90 Å². The highest BCUT2D eigenvalue weighted by Gasteiger charge is 2.24. The molecule has 2 N–H and O–H groups in total. The van der Waals surface area contributed by atoms with Crippen molar-refractivity contribution in [2.45, 2.75) is 45.2 Å². The normalized spacial score (nSPS) is 22.1. The number of benzene rings is 1. The number of hydrogen-bond donors (Lipinski definition) is 1. The molecule has 1 aromatic carbocycles.